The number of anilines is 1. The van der Waals surface area contributed by atoms with Crippen molar-refractivity contribution in [2.24, 2.45) is 0 Å². The maximum Gasteiger partial charge on any atom is 0.231 e. The number of Topliss-reactive ketones (excluding diaryl/α,β-unsaturated/α-hetero) is 1. The van der Waals surface area contributed by atoms with E-state index in [1.165, 1.54) is 20.0 Å². The first-order valence-corrected chi connectivity index (χ1v) is 9.73. The maximum absolute atomic E-state index is 11.9. The van der Waals surface area contributed by atoms with Gasteiger partial charge in [-0.3, -0.25) is 14.4 Å². The number of aromatic nitrogens is 3. The van der Waals surface area contributed by atoms with Crippen LogP contribution in [-0.4, -0.2) is 32.0 Å². The molecule has 0 fully saturated rings. The molecular formula is C24H20N4O3. The SMILES string of the molecule is CC(=O)c1ccn2c1ccc1ccc(/C=C/c3cccnc3N(C(C)=O)C(C)=O)nc12. The van der Waals surface area contributed by atoms with Gasteiger partial charge in [-0.2, -0.15) is 0 Å². The fourth-order valence-corrected chi connectivity index (χ4v) is 3.58. The predicted molar refractivity (Wildman–Crippen MR) is 120 cm³/mol. The second-order valence-corrected chi connectivity index (χ2v) is 7.15. The van der Waals surface area contributed by atoms with Gasteiger partial charge in [0.2, 0.25) is 11.8 Å². The van der Waals surface area contributed by atoms with Gasteiger partial charge in [-0.1, -0.05) is 0 Å². The minimum absolute atomic E-state index is 0.00232. The number of amides is 2. The smallest absolute Gasteiger partial charge is 0.231 e. The van der Waals surface area contributed by atoms with Crippen molar-refractivity contribution < 1.29 is 14.4 Å². The van der Waals surface area contributed by atoms with E-state index in [2.05, 4.69) is 4.98 Å². The van der Waals surface area contributed by atoms with Crippen LogP contribution in [0.2, 0.25) is 0 Å². The molecule has 0 unspecified atom stereocenters. The average Bonchev–Trinajstić information content (AvgIpc) is 3.17. The Kier molecular flexibility index (Phi) is 5.17. The van der Waals surface area contributed by atoms with Crippen molar-refractivity contribution in [3.63, 3.8) is 0 Å². The summed E-state index contributed by atoms with van der Waals surface area (Å²) in [6.07, 6.45) is 6.94. The molecule has 0 aliphatic heterocycles. The van der Waals surface area contributed by atoms with Gasteiger partial charge in [0.25, 0.3) is 0 Å². The van der Waals surface area contributed by atoms with Crippen molar-refractivity contribution in [2.75, 3.05) is 4.90 Å². The average molecular weight is 412 g/mol. The van der Waals surface area contributed by atoms with E-state index in [9.17, 15) is 14.4 Å². The molecule has 4 aromatic rings. The monoisotopic (exact) mass is 412 g/mol. The zero-order valence-corrected chi connectivity index (χ0v) is 17.4. The topological polar surface area (TPSA) is 84.6 Å². The summed E-state index contributed by atoms with van der Waals surface area (Å²) < 4.78 is 1.89. The third-order valence-corrected chi connectivity index (χ3v) is 4.97. The number of hydrogen-bond acceptors (Lipinski definition) is 5. The molecule has 31 heavy (non-hydrogen) atoms. The van der Waals surface area contributed by atoms with Crippen molar-refractivity contribution >= 4 is 52.1 Å². The zero-order chi connectivity index (χ0) is 22.1. The number of ketones is 1. The first kappa shape index (κ1) is 20.2. The molecule has 0 saturated heterocycles. The highest BCUT2D eigenvalue weighted by atomic mass is 16.2. The van der Waals surface area contributed by atoms with Crippen LogP contribution < -0.4 is 4.90 Å². The summed E-state index contributed by atoms with van der Waals surface area (Å²) in [6, 6.07) is 13.0. The molecule has 0 aliphatic rings. The van der Waals surface area contributed by atoms with Gasteiger partial charge in [-0.05, 0) is 61.5 Å². The Balaban J connectivity index is 1.78. The number of fused-ring (bicyclic) bond motifs is 3. The highest BCUT2D eigenvalue weighted by molar-refractivity contribution is 6.13. The van der Waals surface area contributed by atoms with E-state index in [0.29, 0.717) is 16.8 Å². The van der Waals surface area contributed by atoms with Gasteiger partial charge in [-0.15, -0.1) is 0 Å². The predicted octanol–water partition coefficient (Wildman–Crippen LogP) is 4.15. The highest BCUT2D eigenvalue weighted by Crippen LogP contribution is 2.23. The van der Waals surface area contributed by atoms with Crippen LogP contribution >= 0.6 is 0 Å². The third kappa shape index (κ3) is 3.73. The second-order valence-electron chi connectivity index (χ2n) is 7.15. The molecule has 4 aromatic heterocycles. The normalized spacial score (nSPS) is 11.3. The standard InChI is InChI=1S/C24H20N4O3/c1-15(29)21-12-14-27-22(21)11-8-19-7-10-20(26-24(19)27)9-6-18-5-4-13-25-23(18)28(16(2)30)17(3)31/h4-14H,1-3H3/b9-6+. The molecule has 0 atom stereocenters. The third-order valence-electron chi connectivity index (χ3n) is 4.97. The number of rotatable bonds is 4. The fraction of sp³-hybridized carbons (Fsp3) is 0.125. The van der Waals surface area contributed by atoms with E-state index in [0.717, 1.165) is 21.5 Å². The van der Waals surface area contributed by atoms with Crippen LogP contribution in [0.1, 0.15) is 42.4 Å². The summed E-state index contributed by atoms with van der Waals surface area (Å²) in [5, 5.41) is 0.941. The molecule has 2 amide bonds. The van der Waals surface area contributed by atoms with Crippen molar-refractivity contribution in [3.8, 4) is 0 Å². The first-order chi connectivity index (χ1) is 14.9. The van der Waals surface area contributed by atoms with E-state index < -0.39 is 11.8 Å². The van der Waals surface area contributed by atoms with Crippen LogP contribution in [0.15, 0.2) is 54.9 Å². The van der Waals surface area contributed by atoms with Crippen LogP contribution in [0, 0.1) is 0 Å². The molecule has 4 heterocycles. The number of pyridine rings is 3. The molecule has 0 saturated carbocycles. The van der Waals surface area contributed by atoms with E-state index in [1.54, 1.807) is 37.3 Å². The number of hydrogen-bond donors (Lipinski definition) is 0. The van der Waals surface area contributed by atoms with Gasteiger partial charge in [0, 0.05) is 42.8 Å². The Bertz CT molecular complexity index is 1370. The molecule has 0 aromatic carbocycles. The molecule has 7 heteroatoms. The molecule has 0 bridgehead atoms. The summed E-state index contributed by atoms with van der Waals surface area (Å²) in [5.74, 6) is -0.525. The Labute approximate surface area is 178 Å². The number of imide groups is 1. The number of carbonyl (C=O) groups is 3. The van der Waals surface area contributed by atoms with Crippen molar-refractivity contribution in [1.82, 2.24) is 14.4 Å². The van der Waals surface area contributed by atoms with E-state index in [4.69, 9.17) is 4.98 Å². The molecule has 7 nitrogen and oxygen atoms in total. The minimum atomic E-state index is -0.402. The van der Waals surface area contributed by atoms with Gasteiger partial charge >= 0.3 is 0 Å². The van der Waals surface area contributed by atoms with Gasteiger partial charge in [0.1, 0.15) is 11.5 Å². The summed E-state index contributed by atoms with van der Waals surface area (Å²) in [6.45, 7) is 4.20. The first-order valence-electron chi connectivity index (χ1n) is 9.73. The van der Waals surface area contributed by atoms with Crippen LogP contribution in [-0.2, 0) is 9.59 Å². The highest BCUT2D eigenvalue weighted by Gasteiger charge is 2.19. The summed E-state index contributed by atoms with van der Waals surface area (Å²) in [5.41, 5.74) is 3.49. The lowest BCUT2D eigenvalue weighted by atomic mass is 10.1. The van der Waals surface area contributed by atoms with Crippen LogP contribution in [0.4, 0.5) is 5.82 Å². The van der Waals surface area contributed by atoms with Crippen molar-refractivity contribution in [1.29, 1.82) is 0 Å². The number of nitrogens with zero attached hydrogens (tertiary/aromatic N) is 4. The Morgan fingerprint density at radius 1 is 0.935 bits per heavy atom. The maximum atomic E-state index is 11.9. The summed E-state index contributed by atoms with van der Waals surface area (Å²) in [4.78, 5) is 45.7. The van der Waals surface area contributed by atoms with Crippen LogP contribution in [0.25, 0.3) is 28.7 Å². The van der Waals surface area contributed by atoms with Gasteiger partial charge < -0.3 is 4.40 Å². The Morgan fingerprint density at radius 3 is 2.39 bits per heavy atom. The van der Waals surface area contributed by atoms with E-state index >= 15 is 0 Å². The molecule has 4 rings (SSSR count). The molecule has 0 aliphatic carbocycles. The Hall–Kier alpha value is -4.13. The van der Waals surface area contributed by atoms with E-state index in [1.807, 2.05) is 34.9 Å². The van der Waals surface area contributed by atoms with Crippen LogP contribution in [0.3, 0.4) is 0 Å². The fourth-order valence-electron chi connectivity index (χ4n) is 3.58. The van der Waals surface area contributed by atoms with Crippen LogP contribution in [0.5, 0.6) is 0 Å². The second kappa shape index (κ2) is 7.95. The lowest BCUT2D eigenvalue weighted by Crippen LogP contribution is -2.34. The largest absolute Gasteiger partial charge is 0.301 e. The summed E-state index contributed by atoms with van der Waals surface area (Å²) in [7, 11) is 0. The molecule has 0 radical (unpaired) electrons. The van der Waals surface area contributed by atoms with E-state index in [-0.39, 0.29) is 11.6 Å². The molecule has 154 valence electrons. The van der Waals surface area contributed by atoms with Crippen molar-refractivity contribution in [2.45, 2.75) is 20.8 Å². The lowest BCUT2D eigenvalue weighted by molar-refractivity contribution is -0.124. The molecular weight excluding hydrogens is 392 g/mol. The molecule has 0 spiro atoms. The van der Waals surface area contributed by atoms with Gasteiger partial charge in [-0.25, -0.2) is 14.9 Å². The number of carbonyl (C=O) groups excluding carboxylic acids is 3. The minimum Gasteiger partial charge on any atom is -0.301 e. The van der Waals surface area contributed by atoms with Crippen molar-refractivity contribution in [3.05, 3.63) is 71.7 Å². The van der Waals surface area contributed by atoms with Gasteiger partial charge in [0.05, 0.1) is 11.2 Å². The molecule has 0 N–H and O–H groups in total. The lowest BCUT2D eigenvalue weighted by Gasteiger charge is -2.17. The quantitative estimate of drug-likeness (QED) is 0.470. The van der Waals surface area contributed by atoms with Gasteiger partial charge in [0.15, 0.2) is 5.78 Å². The zero-order valence-electron chi connectivity index (χ0n) is 17.4. The summed E-state index contributed by atoms with van der Waals surface area (Å²) >= 11 is 0. The Morgan fingerprint density at radius 2 is 1.68 bits per heavy atom.